The standard InChI is InChI=1S/C11H22N2/c1-9(8-12)10-4-2-6-13-7-3-5-11(10)13/h9-11H,2-8,12H2,1H3. The lowest BCUT2D eigenvalue weighted by molar-refractivity contribution is 0.100. The van der Waals surface area contributed by atoms with Crippen molar-refractivity contribution in [2.75, 3.05) is 19.6 Å². The minimum Gasteiger partial charge on any atom is -0.330 e. The Morgan fingerprint density at radius 2 is 2.00 bits per heavy atom. The molecule has 3 atom stereocenters. The molecule has 2 heteroatoms. The first-order valence-corrected chi connectivity index (χ1v) is 5.77. The predicted molar refractivity (Wildman–Crippen MR) is 55.5 cm³/mol. The van der Waals surface area contributed by atoms with Gasteiger partial charge in [0.05, 0.1) is 0 Å². The van der Waals surface area contributed by atoms with Crippen molar-refractivity contribution in [3.63, 3.8) is 0 Å². The highest BCUT2D eigenvalue weighted by molar-refractivity contribution is 4.90. The van der Waals surface area contributed by atoms with Crippen LogP contribution in [-0.4, -0.2) is 30.6 Å². The van der Waals surface area contributed by atoms with E-state index in [9.17, 15) is 0 Å². The van der Waals surface area contributed by atoms with Crippen LogP contribution in [0.1, 0.15) is 32.6 Å². The number of nitrogens with zero attached hydrogens (tertiary/aromatic N) is 1. The molecule has 2 heterocycles. The van der Waals surface area contributed by atoms with Crippen LogP contribution in [0.3, 0.4) is 0 Å². The smallest absolute Gasteiger partial charge is 0.0127 e. The van der Waals surface area contributed by atoms with Crippen LogP contribution >= 0.6 is 0 Å². The summed E-state index contributed by atoms with van der Waals surface area (Å²) in [6, 6.07) is 0.882. The molecule has 2 fully saturated rings. The molecule has 0 aromatic rings. The zero-order chi connectivity index (χ0) is 9.26. The quantitative estimate of drug-likeness (QED) is 0.700. The Bertz CT molecular complexity index is 169. The van der Waals surface area contributed by atoms with Gasteiger partial charge >= 0.3 is 0 Å². The van der Waals surface area contributed by atoms with Crippen LogP contribution in [0.15, 0.2) is 0 Å². The Morgan fingerprint density at radius 3 is 2.69 bits per heavy atom. The Kier molecular flexibility index (Phi) is 2.89. The Balaban J connectivity index is 2.01. The Labute approximate surface area is 81.5 Å². The van der Waals surface area contributed by atoms with E-state index in [1.165, 1.54) is 38.8 Å². The van der Waals surface area contributed by atoms with Gasteiger partial charge < -0.3 is 10.6 Å². The minimum atomic E-state index is 0.728. The van der Waals surface area contributed by atoms with Gasteiger partial charge in [-0.1, -0.05) is 6.92 Å². The molecule has 0 spiro atoms. The lowest BCUT2D eigenvalue weighted by Gasteiger charge is -2.39. The van der Waals surface area contributed by atoms with Crippen LogP contribution < -0.4 is 5.73 Å². The van der Waals surface area contributed by atoms with E-state index in [0.29, 0.717) is 0 Å². The zero-order valence-electron chi connectivity index (χ0n) is 8.71. The molecule has 2 aliphatic heterocycles. The van der Waals surface area contributed by atoms with E-state index < -0.39 is 0 Å². The highest BCUT2D eigenvalue weighted by atomic mass is 15.2. The van der Waals surface area contributed by atoms with Crippen molar-refractivity contribution in [2.24, 2.45) is 17.6 Å². The van der Waals surface area contributed by atoms with Crippen LogP contribution in [0.5, 0.6) is 0 Å². The van der Waals surface area contributed by atoms with Crippen molar-refractivity contribution >= 4 is 0 Å². The van der Waals surface area contributed by atoms with Gasteiger partial charge in [-0.15, -0.1) is 0 Å². The van der Waals surface area contributed by atoms with Crippen molar-refractivity contribution in [3.05, 3.63) is 0 Å². The molecular formula is C11H22N2. The van der Waals surface area contributed by atoms with Gasteiger partial charge in [0.2, 0.25) is 0 Å². The third kappa shape index (κ3) is 1.75. The molecular weight excluding hydrogens is 160 g/mol. The minimum absolute atomic E-state index is 0.728. The Morgan fingerprint density at radius 1 is 1.31 bits per heavy atom. The average Bonchev–Trinajstić information content (AvgIpc) is 2.63. The first kappa shape index (κ1) is 9.47. The molecule has 2 saturated heterocycles. The first-order chi connectivity index (χ1) is 6.33. The third-order valence-corrected chi connectivity index (χ3v) is 3.99. The van der Waals surface area contributed by atoms with Crippen molar-refractivity contribution in [3.8, 4) is 0 Å². The van der Waals surface area contributed by atoms with E-state index in [4.69, 9.17) is 5.73 Å². The monoisotopic (exact) mass is 182 g/mol. The van der Waals surface area contributed by atoms with Crippen LogP contribution in [0, 0.1) is 11.8 Å². The summed E-state index contributed by atoms with van der Waals surface area (Å²) in [6.07, 6.45) is 5.65. The molecule has 0 bridgehead atoms. The van der Waals surface area contributed by atoms with Crippen LogP contribution in [0.4, 0.5) is 0 Å². The number of hydrogen-bond acceptors (Lipinski definition) is 2. The van der Waals surface area contributed by atoms with Gasteiger partial charge in [0.25, 0.3) is 0 Å². The molecule has 3 unspecified atom stereocenters. The van der Waals surface area contributed by atoms with Gasteiger partial charge in [-0.2, -0.15) is 0 Å². The van der Waals surface area contributed by atoms with Crippen molar-refractivity contribution in [1.82, 2.24) is 4.90 Å². The second-order valence-electron chi connectivity index (χ2n) is 4.76. The van der Waals surface area contributed by atoms with E-state index in [1.807, 2.05) is 0 Å². The van der Waals surface area contributed by atoms with Crippen molar-refractivity contribution in [1.29, 1.82) is 0 Å². The molecule has 0 radical (unpaired) electrons. The molecule has 0 aliphatic carbocycles. The number of nitrogens with two attached hydrogens (primary N) is 1. The van der Waals surface area contributed by atoms with Crippen molar-refractivity contribution < 1.29 is 0 Å². The molecule has 2 N–H and O–H groups in total. The highest BCUT2D eigenvalue weighted by Gasteiger charge is 2.36. The largest absolute Gasteiger partial charge is 0.330 e. The van der Waals surface area contributed by atoms with Gasteiger partial charge in [-0.3, -0.25) is 0 Å². The van der Waals surface area contributed by atoms with Crippen LogP contribution in [0.25, 0.3) is 0 Å². The molecule has 0 aromatic carbocycles. The van der Waals surface area contributed by atoms with Gasteiger partial charge in [-0.25, -0.2) is 0 Å². The first-order valence-electron chi connectivity index (χ1n) is 5.77. The summed E-state index contributed by atoms with van der Waals surface area (Å²) in [5.74, 6) is 1.62. The average molecular weight is 182 g/mol. The number of fused-ring (bicyclic) bond motifs is 1. The third-order valence-electron chi connectivity index (χ3n) is 3.99. The summed E-state index contributed by atoms with van der Waals surface area (Å²) in [5, 5.41) is 0. The maximum absolute atomic E-state index is 5.77. The zero-order valence-corrected chi connectivity index (χ0v) is 8.71. The molecule has 0 aromatic heterocycles. The number of hydrogen-bond donors (Lipinski definition) is 1. The summed E-state index contributed by atoms with van der Waals surface area (Å²) in [7, 11) is 0. The molecule has 76 valence electrons. The van der Waals surface area contributed by atoms with Gasteiger partial charge in [0.15, 0.2) is 0 Å². The van der Waals surface area contributed by atoms with Gasteiger partial charge in [0, 0.05) is 6.04 Å². The van der Waals surface area contributed by atoms with Gasteiger partial charge in [0.1, 0.15) is 0 Å². The van der Waals surface area contributed by atoms with E-state index in [1.54, 1.807) is 0 Å². The molecule has 0 amide bonds. The fourth-order valence-corrected chi connectivity index (χ4v) is 3.18. The molecule has 2 rings (SSSR count). The van der Waals surface area contributed by atoms with E-state index in [-0.39, 0.29) is 0 Å². The van der Waals surface area contributed by atoms with Gasteiger partial charge in [-0.05, 0) is 57.2 Å². The van der Waals surface area contributed by atoms with Crippen molar-refractivity contribution in [2.45, 2.75) is 38.6 Å². The highest BCUT2D eigenvalue weighted by Crippen LogP contribution is 2.35. The second kappa shape index (κ2) is 3.97. The topological polar surface area (TPSA) is 29.3 Å². The summed E-state index contributed by atoms with van der Waals surface area (Å²) < 4.78 is 0. The maximum atomic E-state index is 5.77. The fourth-order valence-electron chi connectivity index (χ4n) is 3.18. The van der Waals surface area contributed by atoms with E-state index >= 15 is 0 Å². The summed E-state index contributed by atoms with van der Waals surface area (Å²) >= 11 is 0. The number of rotatable bonds is 2. The van der Waals surface area contributed by atoms with Crippen LogP contribution in [0.2, 0.25) is 0 Å². The van der Waals surface area contributed by atoms with E-state index in [2.05, 4.69) is 11.8 Å². The molecule has 13 heavy (non-hydrogen) atoms. The lowest BCUT2D eigenvalue weighted by atomic mass is 9.80. The molecule has 2 nitrogen and oxygen atoms in total. The molecule has 0 saturated carbocycles. The fraction of sp³-hybridized carbons (Fsp3) is 1.00. The number of piperidine rings is 1. The van der Waals surface area contributed by atoms with E-state index in [0.717, 1.165) is 24.4 Å². The summed E-state index contributed by atoms with van der Waals surface area (Å²) in [5.41, 5.74) is 5.77. The predicted octanol–water partition coefficient (Wildman–Crippen LogP) is 1.46. The lowest BCUT2D eigenvalue weighted by Crippen LogP contribution is -2.44. The molecule has 2 aliphatic rings. The van der Waals surface area contributed by atoms with Crippen LogP contribution in [-0.2, 0) is 0 Å². The summed E-state index contributed by atoms with van der Waals surface area (Å²) in [4.78, 5) is 2.69. The maximum Gasteiger partial charge on any atom is 0.0127 e. The normalized spacial score (nSPS) is 37.4. The second-order valence-corrected chi connectivity index (χ2v) is 4.76. The Hall–Kier alpha value is -0.0800. The SMILES string of the molecule is CC(CN)C1CCCN2CCCC12. The summed E-state index contributed by atoms with van der Waals surface area (Å²) in [6.45, 7) is 5.89.